The lowest BCUT2D eigenvalue weighted by Crippen LogP contribution is -2.28. The van der Waals surface area contributed by atoms with Crippen LogP contribution >= 0.6 is 0 Å². The van der Waals surface area contributed by atoms with E-state index in [4.69, 9.17) is 14.6 Å². The molecule has 9 heavy (non-hydrogen) atoms. The van der Waals surface area contributed by atoms with Crippen LogP contribution in [0.25, 0.3) is 0 Å². The lowest BCUT2D eigenvalue weighted by atomic mass is 10.2. The molecule has 0 aromatic carbocycles. The van der Waals surface area contributed by atoms with E-state index in [-0.39, 0.29) is 6.10 Å². The zero-order valence-corrected chi connectivity index (χ0v) is 6.13. The van der Waals surface area contributed by atoms with Crippen LogP contribution in [-0.4, -0.2) is 38.1 Å². The highest BCUT2D eigenvalue weighted by atomic mass is 16.5. The molecule has 2 atom stereocenters. The van der Waals surface area contributed by atoms with E-state index in [1.165, 1.54) is 0 Å². The van der Waals surface area contributed by atoms with Crippen LogP contribution < -0.4 is 0 Å². The molecule has 0 aliphatic carbocycles. The van der Waals surface area contributed by atoms with Gasteiger partial charge in [-0.1, -0.05) is 0 Å². The monoisotopic (exact) mass is 134 g/mol. The van der Waals surface area contributed by atoms with Gasteiger partial charge in [-0.25, -0.2) is 0 Å². The summed E-state index contributed by atoms with van der Waals surface area (Å²) in [6.07, 6.45) is -0.662. The Bertz CT molecular complexity index is 65.3. The summed E-state index contributed by atoms with van der Waals surface area (Å²) in [6.45, 7) is 2.12. The third-order valence-corrected chi connectivity index (χ3v) is 1.25. The van der Waals surface area contributed by atoms with E-state index in [2.05, 4.69) is 0 Å². The SMILES string of the molecule is COCC(O)C(C)OC. The van der Waals surface area contributed by atoms with E-state index in [9.17, 15) is 0 Å². The minimum Gasteiger partial charge on any atom is -0.388 e. The van der Waals surface area contributed by atoms with E-state index in [0.717, 1.165) is 0 Å². The van der Waals surface area contributed by atoms with Gasteiger partial charge in [-0.2, -0.15) is 0 Å². The third kappa shape index (κ3) is 3.46. The minimum absolute atomic E-state index is 0.148. The summed E-state index contributed by atoms with van der Waals surface area (Å²) in [7, 11) is 3.11. The van der Waals surface area contributed by atoms with Crippen molar-refractivity contribution < 1.29 is 14.6 Å². The third-order valence-electron chi connectivity index (χ3n) is 1.25. The van der Waals surface area contributed by atoms with E-state index in [1.54, 1.807) is 21.1 Å². The maximum atomic E-state index is 9.07. The Kier molecular flexibility index (Phi) is 4.67. The summed E-state index contributed by atoms with van der Waals surface area (Å²) < 4.78 is 9.53. The van der Waals surface area contributed by atoms with Gasteiger partial charge in [-0.05, 0) is 6.92 Å². The van der Waals surface area contributed by atoms with Crippen LogP contribution in [0.1, 0.15) is 6.92 Å². The summed E-state index contributed by atoms with van der Waals surface area (Å²) >= 11 is 0. The normalized spacial score (nSPS) is 17.3. The predicted molar refractivity (Wildman–Crippen MR) is 34.4 cm³/mol. The Morgan fingerprint density at radius 3 is 2.33 bits per heavy atom. The maximum Gasteiger partial charge on any atom is 0.103 e. The van der Waals surface area contributed by atoms with Crippen LogP contribution in [0.4, 0.5) is 0 Å². The van der Waals surface area contributed by atoms with Crippen LogP contribution in [0, 0.1) is 0 Å². The molecule has 3 heteroatoms. The molecule has 0 radical (unpaired) electrons. The lowest BCUT2D eigenvalue weighted by molar-refractivity contribution is -0.0375. The summed E-state index contributed by atoms with van der Waals surface area (Å²) in [5.74, 6) is 0. The van der Waals surface area contributed by atoms with E-state index >= 15 is 0 Å². The van der Waals surface area contributed by atoms with Crippen molar-refractivity contribution in [1.82, 2.24) is 0 Å². The molecule has 0 amide bonds. The highest BCUT2D eigenvalue weighted by Crippen LogP contribution is 1.95. The Balaban J connectivity index is 3.32. The van der Waals surface area contributed by atoms with Crippen LogP contribution in [0.2, 0.25) is 0 Å². The van der Waals surface area contributed by atoms with Gasteiger partial charge in [0.1, 0.15) is 6.10 Å². The first kappa shape index (κ1) is 8.88. The van der Waals surface area contributed by atoms with Gasteiger partial charge in [0.25, 0.3) is 0 Å². The molecule has 0 saturated heterocycles. The van der Waals surface area contributed by atoms with Gasteiger partial charge in [-0.15, -0.1) is 0 Å². The topological polar surface area (TPSA) is 38.7 Å². The maximum absolute atomic E-state index is 9.07. The number of ether oxygens (including phenoxy) is 2. The quantitative estimate of drug-likeness (QED) is 0.589. The smallest absolute Gasteiger partial charge is 0.103 e. The highest BCUT2D eigenvalue weighted by Gasteiger charge is 2.11. The van der Waals surface area contributed by atoms with Gasteiger partial charge in [0.2, 0.25) is 0 Å². The largest absolute Gasteiger partial charge is 0.388 e. The summed E-state index contributed by atoms with van der Waals surface area (Å²) in [5, 5.41) is 9.07. The van der Waals surface area contributed by atoms with Crippen molar-refractivity contribution in [3.8, 4) is 0 Å². The number of methoxy groups -OCH3 is 2. The first-order valence-corrected chi connectivity index (χ1v) is 2.92. The van der Waals surface area contributed by atoms with Crippen LogP contribution in [0.5, 0.6) is 0 Å². The Hall–Kier alpha value is -0.120. The van der Waals surface area contributed by atoms with Crippen molar-refractivity contribution in [3.05, 3.63) is 0 Å². The zero-order valence-electron chi connectivity index (χ0n) is 6.13. The van der Waals surface area contributed by atoms with Gasteiger partial charge in [0, 0.05) is 14.2 Å². The molecule has 0 aliphatic rings. The molecule has 0 aromatic heterocycles. The summed E-state index contributed by atoms with van der Waals surface area (Å²) in [4.78, 5) is 0. The van der Waals surface area contributed by atoms with Crippen molar-refractivity contribution >= 4 is 0 Å². The van der Waals surface area contributed by atoms with Gasteiger partial charge in [-0.3, -0.25) is 0 Å². The number of rotatable bonds is 4. The molecule has 56 valence electrons. The van der Waals surface area contributed by atoms with Crippen molar-refractivity contribution in [2.45, 2.75) is 19.1 Å². The van der Waals surface area contributed by atoms with Crippen LogP contribution in [-0.2, 0) is 9.47 Å². The fourth-order valence-electron chi connectivity index (χ4n) is 0.463. The molecule has 0 saturated carbocycles. The minimum atomic E-state index is -0.514. The molecule has 0 aliphatic heterocycles. The molecule has 0 aromatic rings. The average molecular weight is 134 g/mol. The number of aliphatic hydroxyl groups is 1. The molecule has 0 bridgehead atoms. The molecule has 2 unspecified atom stereocenters. The first-order chi connectivity index (χ1) is 4.22. The number of hydrogen-bond donors (Lipinski definition) is 1. The fraction of sp³-hybridized carbons (Fsp3) is 1.00. The molecule has 0 spiro atoms. The number of aliphatic hydroxyl groups excluding tert-OH is 1. The molecule has 3 nitrogen and oxygen atoms in total. The molecule has 0 rings (SSSR count). The predicted octanol–water partition coefficient (Wildman–Crippen LogP) is 0.0286. The molecule has 0 heterocycles. The summed E-state index contributed by atoms with van der Waals surface area (Å²) in [5.41, 5.74) is 0. The Morgan fingerprint density at radius 1 is 1.44 bits per heavy atom. The van der Waals surface area contributed by atoms with Gasteiger partial charge < -0.3 is 14.6 Å². The van der Waals surface area contributed by atoms with Crippen molar-refractivity contribution in [2.75, 3.05) is 20.8 Å². The van der Waals surface area contributed by atoms with Crippen molar-refractivity contribution in [3.63, 3.8) is 0 Å². The molecule has 1 N–H and O–H groups in total. The Morgan fingerprint density at radius 2 is 2.00 bits per heavy atom. The van der Waals surface area contributed by atoms with Crippen molar-refractivity contribution in [2.24, 2.45) is 0 Å². The van der Waals surface area contributed by atoms with E-state index in [0.29, 0.717) is 6.61 Å². The Labute approximate surface area is 55.6 Å². The van der Waals surface area contributed by atoms with Gasteiger partial charge in [0.05, 0.1) is 12.7 Å². The number of hydrogen-bond acceptors (Lipinski definition) is 3. The van der Waals surface area contributed by atoms with Gasteiger partial charge in [0.15, 0.2) is 0 Å². The van der Waals surface area contributed by atoms with E-state index in [1.807, 2.05) is 0 Å². The van der Waals surface area contributed by atoms with Crippen LogP contribution in [0.3, 0.4) is 0 Å². The van der Waals surface area contributed by atoms with E-state index < -0.39 is 6.10 Å². The second-order valence-electron chi connectivity index (χ2n) is 1.96. The molecule has 0 fully saturated rings. The fourth-order valence-corrected chi connectivity index (χ4v) is 0.463. The highest BCUT2D eigenvalue weighted by molar-refractivity contribution is 4.60. The second kappa shape index (κ2) is 4.73. The standard InChI is InChI=1S/C6H14O3/c1-5(9-3)6(7)4-8-2/h5-7H,4H2,1-3H3. The summed E-state index contributed by atoms with van der Waals surface area (Å²) in [6, 6.07) is 0. The van der Waals surface area contributed by atoms with Crippen LogP contribution in [0.15, 0.2) is 0 Å². The lowest BCUT2D eigenvalue weighted by Gasteiger charge is -2.15. The average Bonchev–Trinajstić information content (AvgIpc) is 1.87. The van der Waals surface area contributed by atoms with Crippen molar-refractivity contribution in [1.29, 1.82) is 0 Å². The van der Waals surface area contributed by atoms with Gasteiger partial charge >= 0.3 is 0 Å². The second-order valence-corrected chi connectivity index (χ2v) is 1.96. The first-order valence-electron chi connectivity index (χ1n) is 2.92. The molecular formula is C6H14O3. The zero-order chi connectivity index (χ0) is 7.28. The molecular weight excluding hydrogens is 120 g/mol.